The third-order valence-electron chi connectivity index (χ3n) is 4.79. The molecule has 10 heteroatoms. The first-order valence-electron chi connectivity index (χ1n) is 9.24. The number of halogens is 3. The second-order valence-electron chi connectivity index (χ2n) is 6.79. The van der Waals surface area contributed by atoms with Crippen molar-refractivity contribution in [3.63, 3.8) is 0 Å². The fraction of sp³-hybridized carbons (Fsp3) is 0.368. The van der Waals surface area contributed by atoms with Gasteiger partial charge in [-0.25, -0.2) is 4.98 Å². The average Bonchev–Trinajstić information content (AvgIpc) is 3.25. The van der Waals surface area contributed by atoms with Crippen LogP contribution in [0.3, 0.4) is 0 Å². The zero-order valence-electron chi connectivity index (χ0n) is 15.4. The summed E-state index contributed by atoms with van der Waals surface area (Å²) < 4.78 is 41.9. The minimum Gasteiger partial charge on any atom is -0.357 e. The summed E-state index contributed by atoms with van der Waals surface area (Å²) in [7, 11) is 0. The van der Waals surface area contributed by atoms with Crippen LogP contribution in [0.1, 0.15) is 24.4 Å². The molecule has 0 spiro atoms. The second-order valence-corrected chi connectivity index (χ2v) is 6.79. The molecule has 3 aromatic rings. The summed E-state index contributed by atoms with van der Waals surface area (Å²) in [5, 5.41) is 6.85. The monoisotopic (exact) mass is 404 g/mol. The zero-order chi connectivity index (χ0) is 20.3. The Balaban J connectivity index is 1.28. The number of nitrogens with zero attached hydrogens (tertiary/aromatic N) is 5. The summed E-state index contributed by atoms with van der Waals surface area (Å²) in [4.78, 5) is 14.3. The van der Waals surface area contributed by atoms with Gasteiger partial charge >= 0.3 is 12.1 Å². The van der Waals surface area contributed by atoms with Gasteiger partial charge in [-0.3, -0.25) is 4.98 Å². The number of aromatic nitrogens is 4. The van der Waals surface area contributed by atoms with Crippen molar-refractivity contribution in [1.82, 2.24) is 25.4 Å². The number of alkyl halides is 3. The van der Waals surface area contributed by atoms with E-state index in [9.17, 15) is 13.2 Å². The van der Waals surface area contributed by atoms with E-state index in [4.69, 9.17) is 0 Å². The van der Waals surface area contributed by atoms with Crippen molar-refractivity contribution in [2.75, 3.05) is 18.0 Å². The van der Waals surface area contributed by atoms with Gasteiger partial charge < -0.3 is 14.7 Å². The van der Waals surface area contributed by atoms with Crippen LogP contribution in [-0.4, -0.2) is 39.2 Å². The van der Waals surface area contributed by atoms with Gasteiger partial charge in [-0.05, 0) is 37.1 Å². The highest BCUT2D eigenvalue weighted by atomic mass is 19.4. The summed E-state index contributed by atoms with van der Waals surface area (Å²) in [6.07, 6.45) is 0.587. The molecule has 0 saturated carbocycles. The van der Waals surface area contributed by atoms with Crippen molar-refractivity contribution >= 4 is 5.82 Å². The normalized spacial score (nSPS) is 15.6. The van der Waals surface area contributed by atoms with E-state index >= 15 is 0 Å². The van der Waals surface area contributed by atoms with Gasteiger partial charge in [0.2, 0.25) is 5.82 Å². The SMILES string of the molecule is FC(F)(F)c1nc(-c2ccc(CNC3CCN(c4ccccn4)CC3)nc2)no1. The standard InChI is InChI=1S/C19H19F3N6O/c20-19(21,22)18-26-17(27-29-18)13-4-5-15(24-11-13)12-25-14-6-9-28(10-7-14)16-3-1-2-8-23-16/h1-5,8,11,14,25H,6-7,9-10,12H2. The summed E-state index contributed by atoms with van der Waals surface area (Å²) in [6.45, 7) is 2.44. The highest BCUT2D eigenvalue weighted by Gasteiger charge is 2.38. The third-order valence-corrected chi connectivity index (χ3v) is 4.79. The predicted octanol–water partition coefficient (Wildman–Crippen LogP) is 3.30. The Morgan fingerprint density at radius 3 is 2.55 bits per heavy atom. The van der Waals surface area contributed by atoms with Crippen LogP contribution in [0.2, 0.25) is 0 Å². The van der Waals surface area contributed by atoms with Crippen LogP contribution in [0.25, 0.3) is 11.4 Å². The lowest BCUT2D eigenvalue weighted by molar-refractivity contribution is -0.159. The molecule has 4 heterocycles. The Labute approximate surface area is 165 Å². The van der Waals surface area contributed by atoms with Crippen molar-refractivity contribution in [2.24, 2.45) is 0 Å². The molecule has 1 N–H and O–H groups in total. The number of piperidine rings is 1. The van der Waals surface area contributed by atoms with Gasteiger partial charge in [0.05, 0.1) is 5.69 Å². The molecule has 29 heavy (non-hydrogen) atoms. The maximum absolute atomic E-state index is 12.6. The van der Waals surface area contributed by atoms with Crippen molar-refractivity contribution in [2.45, 2.75) is 31.6 Å². The van der Waals surface area contributed by atoms with Gasteiger partial charge in [0.1, 0.15) is 5.82 Å². The first kappa shape index (κ1) is 19.3. The summed E-state index contributed by atoms with van der Waals surface area (Å²) in [6, 6.07) is 9.67. The Hall–Kier alpha value is -3.01. The minimum atomic E-state index is -4.66. The molecule has 0 atom stereocenters. The lowest BCUT2D eigenvalue weighted by Crippen LogP contribution is -2.42. The molecule has 0 aromatic carbocycles. The quantitative estimate of drug-likeness (QED) is 0.699. The van der Waals surface area contributed by atoms with Gasteiger partial charge in [-0.2, -0.15) is 18.2 Å². The van der Waals surface area contributed by atoms with Crippen LogP contribution in [0, 0.1) is 0 Å². The van der Waals surface area contributed by atoms with E-state index in [0.717, 1.165) is 37.4 Å². The van der Waals surface area contributed by atoms with Crippen molar-refractivity contribution in [1.29, 1.82) is 0 Å². The lowest BCUT2D eigenvalue weighted by Gasteiger charge is -2.33. The molecular formula is C19H19F3N6O. The Morgan fingerprint density at radius 1 is 1.10 bits per heavy atom. The fourth-order valence-electron chi connectivity index (χ4n) is 3.22. The van der Waals surface area contributed by atoms with Crippen LogP contribution in [0.4, 0.5) is 19.0 Å². The predicted molar refractivity (Wildman–Crippen MR) is 98.8 cm³/mol. The summed E-state index contributed by atoms with van der Waals surface area (Å²) in [5.74, 6) is -0.500. The topological polar surface area (TPSA) is 80.0 Å². The minimum absolute atomic E-state index is 0.133. The number of rotatable bonds is 5. The van der Waals surface area contributed by atoms with Gasteiger partial charge in [0, 0.05) is 43.6 Å². The Morgan fingerprint density at radius 2 is 1.93 bits per heavy atom. The average molecular weight is 404 g/mol. The van der Waals surface area contributed by atoms with E-state index in [1.165, 1.54) is 6.20 Å². The highest BCUT2D eigenvalue weighted by Crippen LogP contribution is 2.29. The molecule has 4 rings (SSSR count). The molecule has 1 aliphatic heterocycles. The molecule has 0 amide bonds. The van der Waals surface area contributed by atoms with Gasteiger partial charge in [0.15, 0.2) is 0 Å². The molecule has 0 bridgehead atoms. The zero-order valence-corrected chi connectivity index (χ0v) is 15.4. The van der Waals surface area contributed by atoms with E-state index < -0.39 is 12.1 Å². The Kier molecular flexibility index (Phi) is 5.43. The van der Waals surface area contributed by atoms with Crippen LogP contribution in [0.15, 0.2) is 47.2 Å². The van der Waals surface area contributed by atoms with Crippen LogP contribution < -0.4 is 10.2 Å². The van der Waals surface area contributed by atoms with Crippen LogP contribution in [0.5, 0.6) is 0 Å². The lowest BCUT2D eigenvalue weighted by atomic mass is 10.0. The molecule has 1 saturated heterocycles. The van der Waals surface area contributed by atoms with Crippen molar-refractivity contribution in [3.8, 4) is 11.4 Å². The second kappa shape index (κ2) is 8.16. The summed E-state index contributed by atoms with van der Waals surface area (Å²) in [5.41, 5.74) is 1.16. The molecule has 0 radical (unpaired) electrons. The number of anilines is 1. The van der Waals surface area contributed by atoms with E-state index in [1.54, 1.807) is 18.3 Å². The first-order valence-corrected chi connectivity index (χ1v) is 9.24. The van der Waals surface area contributed by atoms with Crippen LogP contribution in [-0.2, 0) is 12.7 Å². The fourth-order valence-corrected chi connectivity index (χ4v) is 3.22. The van der Waals surface area contributed by atoms with E-state index in [0.29, 0.717) is 18.2 Å². The van der Waals surface area contributed by atoms with E-state index in [-0.39, 0.29) is 5.82 Å². The summed E-state index contributed by atoms with van der Waals surface area (Å²) >= 11 is 0. The van der Waals surface area contributed by atoms with Gasteiger partial charge in [0.25, 0.3) is 0 Å². The molecule has 7 nitrogen and oxygen atoms in total. The third kappa shape index (κ3) is 4.70. The van der Waals surface area contributed by atoms with E-state index in [2.05, 4.69) is 34.8 Å². The molecule has 152 valence electrons. The number of pyridine rings is 2. The first-order chi connectivity index (χ1) is 14.0. The molecular weight excluding hydrogens is 385 g/mol. The van der Waals surface area contributed by atoms with Gasteiger partial charge in [-0.1, -0.05) is 11.2 Å². The maximum Gasteiger partial charge on any atom is 0.471 e. The molecule has 1 fully saturated rings. The van der Waals surface area contributed by atoms with E-state index in [1.807, 2.05) is 18.2 Å². The molecule has 0 unspecified atom stereocenters. The van der Waals surface area contributed by atoms with Crippen molar-refractivity contribution in [3.05, 3.63) is 54.3 Å². The number of hydrogen-bond donors (Lipinski definition) is 1. The number of hydrogen-bond acceptors (Lipinski definition) is 7. The largest absolute Gasteiger partial charge is 0.471 e. The maximum atomic E-state index is 12.6. The van der Waals surface area contributed by atoms with Gasteiger partial charge in [-0.15, -0.1) is 0 Å². The molecule has 0 aliphatic carbocycles. The van der Waals surface area contributed by atoms with Crippen molar-refractivity contribution < 1.29 is 17.7 Å². The highest BCUT2D eigenvalue weighted by molar-refractivity contribution is 5.52. The smallest absolute Gasteiger partial charge is 0.357 e. The van der Waals surface area contributed by atoms with Crippen LogP contribution >= 0.6 is 0 Å². The molecule has 1 aliphatic rings. The Bertz CT molecular complexity index is 921. The number of nitrogens with one attached hydrogen (secondary N) is 1. The molecule has 3 aromatic heterocycles.